The minimum atomic E-state index is -3.00. The largest absolute Gasteiger partial charge is 0.485 e. The average Bonchev–Trinajstić information content (AvgIpc) is 3.20. The number of para-hydroxylation sites is 2. The fraction of sp³-hybridized carbons (Fsp3) is 0.500. The molecule has 8 nitrogen and oxygen atoms in total. The molecule has 2 aliphatic heterocycles. The second-order valence-corrected chi connectivity index (χ2v) is 9.94. The molecule has 1 saturated heterocycles. The third-order valence-corrected chi connectivity index (χ3v) is 7.34. The minimum absolute atomic E-state index is 0.121. The highest BCUT2D eigenvalue weighted by atomic mass is 32.2. The number of hydrogen-bond acceptors (Lipinski definition) is 6. The van der Waals surface area contributed by atoms with Gasteiger partial charge in [-0.25, -0.2) is 8.42 Å². The number of benzene rings is 1. The van der Waals surface area contributed by atoms with Gasteiger partial charge in [-0.2, -0.15) is 5.10 Å². The summed E-state index contributed by atoms with van der Waals surface area (Å²) in [5, 5.41) is 4.57. The van der Waals surface area contributed by atoms with Crippen LogP contribution < -0.4 is 9.47 Å². The number of likely N-dealkylation sites (N-methyl/N-ethyl adjacent to an activating group) is 1. The third kappa shape index (κ3) is 3.83. The van der Waals surface area contributed by atoms with Gasteiger partial charge in [0.2, 0.25) is 6.10 Å². The normalized spacial score (nSPS) is 22.4. The van der Waals surface area contributed by atoms with E-state index in [1.807, 2.05) is 36.7 Å². The van der Waals surface area contributed by atoms with Crippen molar-refractivity contribution in [2.75, 3.05) is 25.2 Å². The van der Waals surface area contributed by atoms with Gasteiger partial charge in [0.05, 0.1) is 23.2 Å². The molecule has 4 rings (SSSR count). The quantitative estimate of drug-likeness (QED) is 0.749. The number of nitrogens with zero attached hydrogens (tertiary/aromatic N) is 3. The summed E-state index contributed by atoms with van der Waals surface area (Å²) in [6.45, 7) is 4.35. The smallest absolute Gasteiger partial charge is 0.267 e. The van der Waals surface area contributed by atoms with Crippen molar-refractivity contribution >= 4 is 15.7 Å². The molecule has 1 aromatic carbocycles. The number of sulfone groups is 1. The lowest BCUT2D eigenvalue weighted by atomic mass is 10.1. The molecule has 2 aliphatic rings. The first kappa shape index (κ1) is 19.8. The van der Waals surface area contributed by atoms with Gasteiger partial charge in [-0.3, -0.25) is 9.48 Å². The van der Waals surface area contributed by atoms with Gasteiger partial charge in [0.25, 0.3) is 5.91 Å². The number of rotatable bonds is 4. The van der Waals surface area contributed by atoms with Crippen LogP contribution in [0.5, 0.6) is 11.5 Å². The molecule has 9 heteroatoms. The van der Waals surface area contributed by atoms with Gasteiger partial charge in [-0.05, 0) is 32.4 Å². The van der Waals surface area contributed by atoms with Crippen LogP contribution in [0.2, 0.25) is 0 Å². The van der Waals surface area contributed by atoms with Crippen molar-refractivity contribution in [2.45, 2.75) is 39.0 Å². The summed E-state index contributed by atoms with van der Waals surface area (Å²) in [6.07, 6.45) is -0.129. The van der Waals surface area contributed by atoms with Gasteiger partial charge >= 0.3 is 0 Å². The highest BCUT2D eigenvalue weighted by molar-refractivity contribution is 7.91. The van der Waals surface area contributed by atoms with E-state index < -0.39 is 15.9 Å². The number of fused-ring (bicyclic) bond motifs is 1. The molecular formula is C20H25N3O5S. The number of ether oxygens (including phenoxy) is 2. The predicted molar refractivity (Wildman–Crippen MR) is 107 cm³/mol. The molecule has 0 aliphatic carbocycles. The van der Waals surface area contributed by atoms with Gasteiger partial charge in [0.1, 0.15) is 6.61 Å². The standard InChI is InChI=1S/C20H25N3O5S/c1-13-16(14(2)23(21-13)15-8-9-29(25,26)12-15)10-22(3)20(24)19-11-27-17-6-4-5-7-18(17)28-19/h4-7,15,19H,8-12H2,1-3H3. The Morgan fingerprint density at radius 1 is 1.28 bits per heavy atom. The number of aromatic nitrogens is 2. The zero-order valence-electron chi connectivity index (χ0n) is 16.8. The number of carbonyl (C=O) groups is 1. The molecule has 156 valence electrons. The summed E-state index contributed by atoms with van der Waals surface area (Å²) in [7, 11) is -1.27. The first-order valence-electron chi connectivity index (χ1n) is 9.63. The molecule has 2 unspecified atom stereocenters. The molecule has 0 N–H and O–H groups in total. The van der Waals surface area contributed by atoms with E-state index in [0.717, 1.165) is 17.0 Å². The van der Waals surface area contributed by atoms with E-state index >= 15 is 0 Å². The first-order valence-corrected chi connectivity index (χ1v) is 11.5. The maximum Gasteiger partial charge on any atom is 0.267 e. The van der Waals surface area contributed by atoms with E-state index in [0.29, 0.717) is 24.5 Å². The molecule has 0 bridgehead atoms. The van der Waals surface area contributed by atoms with E-state index in [1.165, 1.54) is 0 Å². The molecule has 1 amide bonds. The molecule has 2 atom stereocenters. The Balaban J connectivity index is 1.47. The van der Waals surface area contributed by atoms with E-state index in [-0.39, 0.29) is 30.1 Å². The molecule has 3 heterocycles. The fourth-order valence-corrected chi connectivity index (χ4v) is 5.64. The van der Waals surface area contributed by atoms with Crippen molar-refractivity contribution in [1.82, 2.24) is 14.7 Å². The summed E-state index contributed by atoms with van der Waals surface area (Å²) >= 11 is 0. The van der Waals surface area contributed by atoms with E-state index in [2.05, 4.69) is 5.10 Å². The van der Waals surface area contributed by atoms with Gasteiger partial charge < -0.3 is 14.4 Å². The summed E-state index contributed by atoms with van der Waals surface area (Å²) in [4.78, 5) is 14.5. The van der Waals surface area contributed by atoms with Crippen molar-refractivity contribution in [1.29, 1.82) is 0 Å². The van der Waals surface area contributed by atoms with Crippen LogP contribution in [0, 0.1) is 13.8 Å². The second kappa shape index (κ2) is 7.37. The summed E-state index contributed by atoms with van der Waals surface area (Å²) in [6, 6.07) is 7.14. The summed E-state index contributed by atoms with van der Waals surface area (Å²) in [5.41, 5.74) is 2.63. The predicted octanol–water partition coefficient (Wildman–Crippen LogP) is 1.66. The van der Waals surface area contributed by atoms with Crippen molar-refractivity contribution < 1.29 is 22.7 Å². The molecule has 29 heavy (non-hydrogen) atoms. The van der Waals surface area contributed by atoms with E-state index in [1.54, 1.807) is 18.0 Å². The van der Waals surface area contributed by atoms with Crippen molar-refractivity contribution in [3.63, 3.8) is 0 Å². The topological polar surface area (TPSA) is 90.7 Å². The van der Waals surface area contributed by atoms with Gasteiger partial charge in [0, 0.05) is 24.8 Å². The molecular weight excluding hydrogens is 394 g/mol. The Bertz CT molecular complexity index is 1050. The van der Waals surface area contributed by atoms with Crippen molar-refractivity contribution in [2.24, 2.45) is 0 Å². The third-order valence-electron chi connectivity index (χ3n) is 5.58. The second-order valence-electron chi connectivity index (χ2n) is 7.71. The molecule has 0 saturated carbocycles. The van der Waals surface area contributed by atoms with Crippen LogP contribution in [0.15, 0.2) is 24.3 Å². The van der Waals surface area contributed by atoms with Crippen LogP contribution in [0.1, 0.15) is 29.4 Å². The van der Waals surface area contributed by atoms with Gasteiger partial charge in [0.15, 0.2) is 21.3 Å². The Labute approximate surface area is 170 Å². The Hall–Kier alpha value is -2.55. The molecule has 1 fully saturated rings. The van der Waals surface area contributed by atoms with Gasteiger partial charge in [-0.1, -0.05) is 12.1 Å². The monoisotopic (exact) mass is 419 g/mol. The number of carbonyl (C=O) groups excluding carboxylic acids is 1. The highest BCUT2D eigenvalue weighted by Crippen LogP contribution is 2.32. The van der Waals surface area contributed by atoms with Crippen LogP contribution in [0.25, 0.3) is 0 Å². The SMILES string of the molecule is Cc1nn(C2CCS(=O)(=O)C2)c(C)c1CN(C)C(=O)C1COc2ccccc2O1. The summed E-state index contributed by atoms with van der Waals surface area (Å²) < 4.78 is 36.9. The lowest BCUT2D eigenvalue weighted by Crippen LogP contribution is -2.44. The Morgan fingerprint density at radius 3 is 2.69 bits per heavy atom. The molecule has 0 radical (unpaired) electrons. The number of aryl methyl sites for hydroxylation is 1. The van der Waals surface area contributed by atoms with E-state index in [9.17, 15) is 13.2 Å². The lowest BCUT2D eigenvalue weighted by molar-refractivity contribution is -0.140. The van der Waals surface area contributed by atoms with Gasteiger partial charge in [-0.15, -0.1) is 0 Å². The van der Waals surface area contributed by atoms with Crippen LogP contribution in [-0.4, -0.2) is 60.3 Å². The van der Waals surface area contributed by atoms with Crippen LogP contribution in [0.4, 0.5) is 0 Å². The van der Waals surface area contributed by atoms with E-state index in [4.69, 9.17) is 9.47 Å². The maximum absolute atomic E-state index is 12.9. The average molecular weight is 420 g/mol. The molecule has 0 spiro atoms. The first-order chi connectivity index (χ1) is 13.7. The Kier molecular flexibility index (Phi) is 5.02. The zero-order valence-corrected chi connectivity index (χ0v) is 17.6. The maximum atomic E-state index is 12.9. The fourth-order valence-electron chi connectivity index (χ4n) is 3.95. The molecule has 1 aromatic heterocycles. The Morgan fingerprint density at radius 2 is 2.00 bits per heavy atom. The lowest BCUT2D eigenvalue weighted by Gasteiger charge is -2.29. The van der Waals surface area contributed by atoms with Crippen molar-refractivity contribution in [3.8, 4) is 11.5 Å². The van der Waals surface area contributed by atoms with Crippen LogP contribution in [0.3, 0.4) is 0 Å². The van der Waals surface area contributed by atoms with Crippen LogP contribution >= 0.6 is 0 Å². The molecule has 2 aromatic rings. The highest BCUT2D eigenvalue weighted by Gasteiger charge is 2.33. The number of amides is 1. The summed E-state index contributed by atoms with van der Waals surface area (Å²) in [5.74, 6) is 1.35. The zero-order chi connectivity index (χ0) is 20.8. The number of hydrogen-bond donors (Lipinski definition) is 0. The van der Waals surface area contributed by atoms with Crippen LogP contribution in [-0.2, 0) is 21.2 Å². The minimum Gasteiger partial charge on any atom is -0.485 e. The van der Waals surface area contributed by atoms with Crippen molar-refractivity contribution in [3.05, 3.63) is 41.2 Å².